The van der Waals surface area contributed by atoms with Crippen molar-refractivity contribution in [3.63, 3.8) is 0 Å². The molecule has 3 aromatic rings. The molecule has 0 bridgehead atoms. The quantitative estimate of drug-likeness (QED) is 0.273. The third-order valence-corrected chi connectivity index (χ3v) is 6.25. The van der Waals surface area contributed by atoms with Crippen molar-refractivity contribution in [2.75, 3.05) is 11.1 Å². The van der Waals surface area contributed by atoms with E-state index in [2.05, 4.69) is 12.2 Å². The van der Waals surface area contributed by atoms with Crippen LogP contribution in [0.15, 0.2) is 77.8 Å². The van der Waals surface area contributed by atoms with Crippen molar-refractivity contribution in [1.29, 1.82) is 0 Å². The lowest BCUT2D eigenvalue weighted by atomic mass is 10.1. The van der Waals surface area contributed by atoms with Crippen molar-refractivity contribution in [1.82, 2.24) is 0 Å². The molecule has 0 aromatic heterocycles. The number of thioether (sulfide) groups is 1. The first-order valence-electron chi connectivity index (χ1n) is 10.5. The second kappa shape index (κ2) is 10.2. The smallest absolute Gasteiger partial charge is 0.253 e. The molecule has 0 saturated carbocycles. The molecule has 0 unspecified atom stereocenters. The molecule has 3 aromatic carbocycles. The van der Waals surface area contributed by atoms with Crippen LogP contribution >= 0.6 is 23.4 Å². The maximum absolute atomic E-state index is 13.6. The summed E-state index contributed by atoms with van der Waals surface area (Å²) in [6, 6.07) is 17.7. The lowest BCUT2D eigenvalue weighted by molar-refractivity contribution is -0.372. The molecule has 0 atom stereocenters. The van der Waals surface area contributed by atoms with Crippen LogP contribution in [0.3, 0.4) is 0 Å². The summed E-state index contributed by atoms with van der Waals surface area (Å²) in [5.41, 5.74) is 3.40. The van der Waals surface area contributed by atoms with Crippen LogP contribution in [0.25, 0.3) is 0 Å². The van der Waals surface area contributed by atoms with Gasteiger partial charge in [-0.3, -0.25) is 4.79 Å². The Morgan fingerprint density at radius 3 is 2.55 bits per heavy atom. The van der Waals surface area contributed by atoms with Crippen molar-refractivity contribution in [3.8, 4) is 11.5 Å². The second-order valence-electron chi connectivity index (χ2n) is 7.49. The van der Waals surface area contributed by atoms with Crippen molar-refractivity contribution < 1.29 is 18.5 Å². The van der Waals surface area contributed by atoms with Crippen LogP contribution in [-0.2, 0) is 11.2 Å². The molecule has 1 N–H and O–H groups in total. The van der Waals surface area contributed by atoms with Crippen LogP contribution in [-0.4, -0.2) is 21.9 Å². The highest BCUT2D eigenvalue weighted by molar-refractivity contribution is 7.99. The summed E-state index contributed by atoms with van der Waals surface area (Å²) in [7, 11) is 0. The zero-order chi connectivity index (χ0) is 23.4. The van der Waals surface area contributed by atoms with Crippen molar-refractivity contribution in [3.05, 3.63) is 89.3 Å². The first-order valence-corrected chi connectivity index (χ1v) is 11.9. The van der Waals surface area contributed by atoms with Gasteiger partial charge in [-0.25, -0.2) is 4.39 Å². The number of nitrogens with one attached hydrogen (secondary N) is 1. The molecule has 1 amide bonds. The van der Waals surface area contributed by atoms with Crippen LogP contribution < -0.4 is 10.1 Å². The molecule has 0 radical (unpaired) electrons. The molecule has 168 valence electrons. The molecule has 0 fully saturated rings. The maximum atomic E-state index is 13.6. The molecule has 0 aliphatic carbocycles. The number of amides is 1. The number of carbonyl (C=O) groups is 1. The fourth-order valence-corrected chi connectivity index (χ4v) is 4.20. The lowest BCUT2D eigenvalue weighted by Crippen LogP contribution is -2.16. The van der Waals surface area contributed by atoms with Gasteiger partial charge in [0.15, 0.2) is 11.9 Å². The predicted molar refractivity (Wildman–Crippen MR) is 133 cm³/mol. The van der Waals surface area contributed by atoms with Gasteiger partial charge in [0.1, 0.15) is 11.6 Å². The Kier molecular flexibility index (Phi) is 7.16. The number of carbonyl (C=O) groups excluding carboxylic acids is 1. The van der Waals surface area contributed by atoms with Crippen LogP contribution in [0.1, 0.15) is 19.4 Å². The monoisotopic (exact) mass is 481 g/mol. The number of ether oxygens (including phenoxy) is 1. The third kappa shape index (κ3) is 5.64. The van der Waals surface area contributed by atoms with Gasteiger partial charge in [-0.15, -0.1) is 11.8 Å². The van der Waals surface area contributed by atoms with Gasteiger partial charge in [-0.1, -0.05) is 30.7 Å². The van der Waals surface area contributed by atoms with E-state index in [9.17, 15) is 9.18 Å². The fraction of sp³-hybridized carbons (Fsp3) is 0.154. The Bertz CT molecular complexity index is 1260. The minimum absolute atomic E-state index is 0.0200. The summed E-state index contributed by atoms with van der Waals surface area (Å²) in [4.78, 5) is 13.8. The number of nitrogens with zero attached hydrogens (tertiary/aromatic N) is 1. The zero-order valence-corrected chi connectivity index (χ0v) is 19.8. The Balaban J connectivity index is 1.53. The van der Waals surface area contributed by atoms with Gasteiger partial charge in [0.2, 0.25) is 11.7 Å². The standard InChI is InChI=1S/C26H22ClFN2O2S/c1-3-33-21-8-4-18(5-9-21)14-26(31)29-19-6-11-24(30-13-12-17(30)2)25(15-19)32-20-7-10-23(28)22(27)16-20/h4-13,15-16H,3,14H2,1-2H3/p+1. The lowest BCUT2D eigenvalue weighted by Gasteiger charge is -2.14. The molecule has 4 rings (SSSR count). The fourth-order valence-electron chi connectivity index (χ4n) is 3.37. The molecule has 1 heterocycles. The molecule has 33 heavy (non-hydrogen) atoms. The average molecular weight is 482 g/mol. The van der Waals surface area contributed by atoms with Gasteiger partial charge in [-0.2, -0.15) is 4.58 Å². The molecule has 1 aliphatic rings. The van der Waals surface area contributed by atoms with E-state index in [0.29, 0.717) is 17.2 Å². The van der Waals surface area contributed by atoms with E-state index in [0.717, 1.165) is 22.7 Å². The van der Waals surface area contributed by atoms with Crippen LogP contribution in [0.5, 0.6) is 11.5 Å². The first kappa shape index (κ1) is 23.1. The van der Waals surface area contributed by atoms with Crippen LogP contribution in [0.2, 0.25) is 5.02 Å². The van der Waals surface area contributed by atoms with Crippen molar-refractivity contribution in [2.24, 2.45) is 0 Å². The molecular formula is C26H23ClFN2O2S+. The van der Waals surface area contributed by atoms with Crippen LogP contribution in [0, 0.1) is 5.82 Å². The van der Waals surface area contributed by atoms with Gasteiger partial charge < -0.3 is 10.1 Å². The summed E-state index contributed by atoms with van der Waals surface area (Å²) in [5, 5.41) is 2.92. The summed E-state index contributed by atoms with van der Waals surface area (Å²) < 4.78 is 21.6. The highest BCUT2D eigenvalue weighted by atomic mass is 35.5. The number of benzene rings is 3. The normalized spacial score (nSPS) is 12.5. The van der Waals surface area contributed by atoms with E-state index in [1.807, 2.05) is 60.2 Å². The molecular weight excluding hydrogens is 459 g/mol. The first-order chi connectivity index (χ1) is 15.9. The number of allylic oxidation sites excluding steroid dienone is 1. The van der Waals surface area contributed by atoms with Gasteiger partial charge in [0.25, 0.3) is 5.69 Å². The third-order valence-electron chi connectivity index (χ3n) is 5.07. The minimum Gasteiger partial charge on any atom is -0.450 e. The van der Waals surface area contributed by atoms with E-state index < -0.39 is 5.82 Å². The zero-order valence-electron chi connectivity index (χ0n) is 18.3. The number of hydrogen-bond donors (Lipinski definition) is 1. The number of halogens is 2. The van der Waals surface area contributed by atoms with Gasteiger partial charge >= 0.3 is 0 Å². The van der Waals surface area contributed by atoms with E-state index in [1.165, 1.54) is 23.1 Å². The largest absolute Gasteiger partial charge is 0.450 e. The van der Waals surface area contributed by atoms with E-state index in [-0.39, 0.29) is 17.4 Å². The summed E-state index contributed by atoms with van der Waals surface area (Å²) in [5.74, 6) is 1.29. The van der Waals surface area contributed by atoms with Crippen LogP contribution in [0.4, 0.5) is 15.8 Å². The molecule has 1 aliphatic heterocycles. The second-order valence-corrected chi connectivity index (χ2v) is 9.23. The highest BCUT2D eigenvalue weighted by Crippen LogP contribution is 2.36. The number of hydrogen-bond acceptors (Lipinski definition) is 3. The maximum Gasteiger partial charge on any atom is 0.253 e. The summed E-state index contributed by atoms with van der Waals surface area (Å²) in [6.07, 6.45) is 4.18. The molecule has 4 nitrogen and oxygen atoms in total. The van der Waals surface area contributed by atoms with E-state index in [1.54, 1.807) is 17.8 Å². The van der Waals surface area contributed by atoms with E-state index in [4.69, 9.17) is 16.3 Å². The molecule has 0 saturated heterocycles. The average Bonchev–Trinajstić information content (AvgIpc) is 2.78. The Morgan fingerprint density at radius 1 is 1.12 bits per heavy atom. The Hall–Kier alpha value is -3.09. The highest BCUT2D eigenvalue weighted by Gasteiger charge is 2.23. The Morgan fingerprint density at radius 2 is 1.91 bits per heavy atom. The van der Waals surface area contributed by atoms with Gasteiger partial charge in [0.05, 0.1) is 17.5 Å². The van der Waals surface area contributed by atoms with E-state index >= 15 is 0 Å². The molecule has 7 heteroatoms. The van der Waals surface area contributed by atoms with Gasteiger partial charge in [-0.05, 0) is 41.6 Å². The SMILES string of the molecule is CCSc1ccc(CC(=O)Nc2ccc([N+]3=C(C)C=C3)c(Oc3ccc(F)c(Cl)c3)c2)cc1. The van der Waals surface area contributed by atoms with Crippen molar-refractivity contribution in [2.45, 2.75) is 25.2 Å². The number of rotatable bonds is 8. The summed E-state index contributed by atoms with van der Waals surface area (Å²) >= 11 is 7.68. The predicted octanol–water partition coefficient (Wildman–Crippen LogP) is 7.20. The van der Waals surface area contributed by atoms with Crippen molar-refractivity contribution >= 4 is 46.4 Å². The molecule has 0 spiro atoms. The Labute approximate surface area is 201 Å². The minimum atomic E-state index is -0.513. The van der Waals surface area contributed by atoms with Gasteiger partial charge in [0, 0.05) is 35.7 Å². The topological polar surface area (TPSA) is 41.3 Å². The summed E-state index contributed by atoms with van der Waals surface area (Å²) in [6.45, 7) is 4.09. The number of anilines is 1.